The number of hydrogen-bond donors (Lipinski definition) is 1. The third-order valence-corrected chi connectivity index (χ3v) is 2.28. The fourth-order valence-electron chi connectivity index (χ4n) is 0.999. The molecule has 0 aromatic rings. The quantitative estimate of drug-likeness (QED) is 0.523. The van der Waals surface area contributed by atoms with Crippen LogP contribution < -0.4 is 0 Å². The van der Waals surface area contributed by atoms with Crippen molar-refractivity contribution in [3.05, 3.63) is 0 Å². The summed E-state index contributed by atoms with van der Waals surface area (Å²) in [6.07, 6.45) is 2.45. The zero-order valence-electron chi connectivity index (χ0n) is 7.22. The summed E-state index contributed by atoms with van der Waals surface area (Å²) in [5.74, 6) is 0. The van der Waals surface area contributed by atoms with Gasteiger partial charge < -0.3 is 10.0 Å². The van der Waals surface area contributed by atoms with Gasteiger partial charge in [-0.05, 0) is 25.9 Å². The van der Waals surface area contributed by atoms with Crippen LogP contribution in [0.25, 0.3) is 0 Å². The van der Waals surface area contributed by atoms with Gasteiger partial charge in [-0.1, -0.05) is 22.9 Å². The summed E-state index contributed by atoms with van der Waals surface area (Å²) in [6, 6.07) is 0. The van der Waals surface area contributed by atoms with E-state index in [4.69, 9.17) is 5.11 Å². The molecule has 0 fully saturated rings. The normalized spacial score (nSPS) is 10.9. The van der Waals surface area contributed by atoms with Gasteiger partial charge in [0.2, 0.25) is 0 Å². The molecule has 0 radical (unpaired) electrons. The Labute approximate surface area is 77.7 Å². The van der Waals surface area contributed by atoms with E-state index in [0.717, 1.165) is 25.0 Å². The number of rotatable bonds is 7. The van der Waals surface area contributed by atoms with Gasteiger partial charge in [-0.25, -0.2) is 0 Å². The zero-order valence-corrected chi connectivity index (χ0v) is 8.81. The number of aliphatic hydroxyl groups is 1. The van der Waals surface area contributed by atoms with Gasteiger partial charge in [0.15, 0.2) is 0 Å². The predicted octanol–water partition coefficient (Wildman–Crippen LogP) is 1.48. The number of hydrogen-bond acceptors (Lipinski definition) is 2. The molecule has 0 heterocycles. The van der Waals surface area contributed by atoms with Crippen molar-refractivity contribution < 1.29 is 5.11 Å². The number of halogens is 1. The molecule has 0 saturated carbocycles. The van der Waals surface area contributed by atoms with Crippen molar-refractivity contribution in [2.75, 3.05) is 31.6 Å². The Morgan fingerprint density at radius 3 is 2.45 bits per heavy atom. The van der Waals surface area contributed by atoms with Crippen LogP contribution in [0.5, 0.6) is 0 Å². The first kappa shape index (κ1) is 11.4. The predicted molar refractivity (Wildman–Crippen MR) is 52.2 cm³/mol. The Morgan fingerprint density at radius 2 is 2.00 bits per heavy atom. The van der Waals surface area contributed by atoms with E-state index in [1.807, 2.05) is 0 Å². The molecule has 68 valence electrons. The second-order valence-corrected chi connectivity index (χ2v) is 3.35. The number of likely N-dealkylation sites (N-methyl/N-ethyl adjacent to an activating group) is 1. The molecule has 0 atom stereocenters. The molecule has 3 heteroatoms. The lowest BCUT2D eigenvalue weighted by Gasteiger charge is -2.18. The molecule has 0 spiro atoms. The second kappa shape index (κ2) is 8.50. The lowest BCUT2D eigenvalue weighted by Crippen LogP contribution is -2.27. The Bertz CT molecular complexity index is 80.5. The van der Waals surface area contributed by atoms with Gasteiger partial charge in [-0.3, -0.25) is 0 Å². The summed E-state index contributed by atoms with van der Waals surface area (Å²) in [6.45, 7) is 5.39. The summed E-state index contributed by atoms with van der Waals surface area (Å²) < 4.78 is 0. The average Bonchev–Trinajstić information content (AvgIpc) is 2.03. The van der Waals surface area contributed by atoms with Crippen LogP contribution in [0.15, 0.2) is 0 Å². The largest absolute Gasteiger partial charge is 0.395 e. The van der Waals surface area contributed by atoms with Crippen molar-refractivity contribution in [1.82, 2.24) is 4.90 Å². The molecule has 2 nitrogen and oxygen atoms in total. The lowest BCUT2D eigenvalue weighted by molar-refractivity contribution is 0.200. The molecule has 0 rings (SSSR count). The Hall–Kier alpha value is 0.400. The van der Waals surface area contributed by atoms with Crippen LogP contribution >= 0.6 is 15.9 Å². The Kier molecular flexibility index (Phi) is 8.81. The smallest absolute Gasteiger partial charge is 0.0558 e. The van der Waals surface area contributed by atoms with E-state index in [2.05, 4.69) is 27.8 Å². The number of unbranched alkanes of at least 4 members (excludes halogenated alkanes) is 1. The SMILES string of the molecule is CCN(CCO)CCCCBr. The zero-order chi connectivity index (χ0) is 8.53. The van der Waals surface area contributed by atoms with Crippen molar-refractivity contribution >= 4 is 15.9 Å². The van der Waals surface area contributed by atoms with Gasteiger partial charge in [0.25, 0.3) is 0 Å². The monoisotopic (exact) mass is 223 g/mol. The van der Waals surface area contributed by atoms with Crippen LogP contribution in [0.3, 0.4) is 0 Å². The highest BCUT2D eigenvalue weighted by molar-refractivity contribution is 9.09. The topological polar surface area (TPSA) is 23.5 Å². The van der Waals surface area contributed by atoms with E-state index in [1.54, 1.807) is 0 Å². The van der Waals surface area contributed by atoms with E-state index in [9.17, 15) is 0 Å². The molecule has 0 unspecified atom stereocenters. The van der Waals surface area contributed by atoms with E-state index >= 15 is 0 Å². The molecule has 11 heavy (non-hydrogen) atoms. The molecule has 0 aliphatic rings. The molecule has 0 aromatic heterocycles. The molecule has 1 N–H and O–H groups in total. The van der Waals surface area contributed by atoms with Crippen LogP contribution in [0.2, 0.25) is 0 Å². The summed E-state index contributed by atoms with van der Waals surface area (Å²) in [5.41, 5.74) is 0. The highest BCUT2D eigenvalue weighted by Crippen LogP contribution is 1.97. The van der Waals surface area contributed by atoms with Gasteiger partial charge in [-0.2, -0.15) is 0 Å². The van der Waals surface area contributed by atoms with Gasteiger partial charge in [0.1, 0.15) is 0 Å². The standard InChI is InChI=1S/C8H18BrNO/c1-2-10(7-8-11)6-4-3-5-9/h11H,2-8H2,1H3. The van der Waals surface area contributed by atoms with Crippen LogP contribution in [-0.2, 0) is 0 Å². The summed E-state index contributed by atoms with van der Waals surface area (Å²) in [5, 5.41) is 9.76. The maximum absolute atomic E-state index is 8.67. The molecular weight excluding hydrogens is 206 g/mol. The summed E-state index contributed by atoms with van der Waals surface area (Å²) >= 11 is 3.39. The van der Waals surface area contributed by atoms with Crippen LogP contribution in [-0.4, -0.2) is 41.6 Å². The van der Waals surface area contributed by atoms with Crippen molar-refractivity contribution in [2.45, 2.75) is 19.8 Å². The average molecular weight is 224 g/mol. The van der Waals surface area contributed by atoms with Crippen molar-refractivity contribution in [2.24, 2.45) is 0 Å². The molecule has 0 saturated heterocycles. The van der Waals surface area contributed by atoms with Crippen LogP contribution in [0.1, 0.15) is 19.8 Å². The highest BCUT2D eigenvalue weighted by Gasteiger charge is 1.98. The molecule has 0 amide bonds. The molecule has 0 bridgehead atoms. The van der Waals surface area contributed by atoms with Gasteiger partial charge in [0, 0.05) is 11.9 Å². The minimum Gasteiger partial charge on any atom is -0.395 e. The van der Waals surface area contributed by atoms with Crippen molar-refractivity contribution in [3.63, 3.8) is 0 Å². The summed E-state index contributed by atoms with van der Waals surface area (Å²) in [7, 11) is 0. The molecule has 0 aliphatic heterocycles. The van der Waals surface area contributed by atoms with Crippen LogP contribution in [0.4, 0.5) is 0 Å². The Balaban J connectivity index is 3.20. The molecule has 0 aromatic carbocycles. The van der Waals surface area contributed by atoms with E-state index in [0.29, 0.717) is 0 Å². The first-order chi connectivity index (χ1) is 5.35. The third kappa shape index (κ3) is 6.78. The van der Waals surface area contributed by atoms with Crippen molar-refractivity contribution in [1.29, 1.82) is 0 Å². The van der Waals surface area contributed by atoms with E-state index in [1.165, 1.54) is 12.8 Å². The van der Waals surface area contributed by atoms with Gasteiger partial charge >= 0.3 is 0 Å². The fourth-order valence-corrected chi connectivity index (χ4v) is 1.40. The number of alkyl halides is 1. The summed E-state index contributed by atoms with van der Waals surface area (Å²) in [4.78, 5) is 2.27. The molecule has 0 aliphatic carbocycles. The van der Waals surface area contributed by atoms with Crippen LogP contribution in [0, 0.1) is 0 Å². The minimum atomic E-state index is 0.280. The second-order valence-electron chi connectivity index (χ2n) is 2.55. The number of aliphatic hydroxyl groups excluding tert-OH is 1. The third-order valence-electron chi connectivity index (χ3n) is 1.72. The fraction of sp³-hybridized carbons (Fsp3) is 1.00. The minimum absolute atomic E-state index is 0.280. The first-order valence-electron chi connectivity index (χ1n) is 4.24. The maximum Gasteiger partial charge on any atom is 0.0558 e. The molecular formula is C8H18BrNO. The van der Waals surface area contributed by atoms with Gasteiger partial charge in [-0.15, -0.1) is 0 Å². The number of nitrogens with zero attached hydrogens (tertiary/aromatic N) is 1. The lowest BCUT2D eigenvalue weighted by atomic mass is 10.3. The van der Waals surface area contributed by atoms with E-state index in [-0.39, 0.29) is 6.61 Å². The van der Waals surface area contributed by atoms with E-state index < -0.39 is 0 Å². The maximum atomic E-state index is 8.67. The Morgan fingerprint density at radius 1 is 1.27 bits per heavy atom. The first-order valence-corrected chi connectivity index (χ1v) is 5.36. The van der Waals surface area contributed by atoms with Crippen molar-refractivity contribution in [3.8, 4) is 0 Å². The van der Waals surface area contributed by atoms with Gasteiger partial charge in [0.05, 0.1) is 6.61 Å². The highest BCUT2D eigenvalue weighted by atomic mass is 79.9.